The minimum absolute atomic E-state index is 0.0286. The zero-order chi connectivity index (χ0) is 15.5. The maximum atomic E-state index is 11.6. The van der Waals surface area contributed by atoms with Crippen LogP contribution in [0.4, 0.5) is 4.79 Å². The number of aliphatic carboxylic acids is 1. The summed E-state index contributed by atoms with van der Waals surface area (Å²) in [6.07, 6.45) is -0.910. The third-order valence-corrected chi connectivity index (χ3v) is 2.17. The number of alkyl carbamates (subject to hydrolysis) is 1. The van der Waals surface area contributed by atoms with E-state index in [1.807, 2.05) is 0 Å². The van der Waals surface area contributed by atoms with Crippen LogP contribution in [0.3, 0.4) is 0 Å². The number of carbonyl (C=O) groups excluding carboxylic acids is 1. The van der Waals surface area contributed by atoms with E-state index in [1.165, 1.54) is 0 Å². The molecule has 0 aliphatic carbocycles. The number of nitrogens with one attached hydrogen (secondary N) is 1. The van der Waals surface area contributed by atoms with Crippen molar-refractivity contribution in [1.82, 2.24) is 5.32 Å². The third-order valence-electron chi connectivity index (χ3n) is 2.17. The Labute approximate surface area is 115 Å². The second-order valence-corrected chi connectivity index (χ2v) is 5.20. The molecule has 7 heteroatoms. The predicted octanol–water partition coefficient (Wildman–Crippen LogP) is 1.75. The Morgan fingerprint density at radius 2 is 1.65 bits per heavy atom. The maximum absolute atomic E-state index is 11.6. The van der Waals surface area contributed by atoms with Crippen molar-refractivity contribution in [2.75, 3.05) is 0 Å². The van der Waals surface area contributed by atoms with E-state index in [0.29, 0.717) is 0 Å². The van der Waals surface area contributed by atoms with E-state index in [0.717, 1.165) is 18.2 Å². The van der Waals surface area contributed by atoms with E-state index >= 15 is 0 Å². The van der Waals surface area contributed by atoms with E-state index in [4.69, 9.17) is 9.84 Å². The highest BCUT2D eigenvalue weighted by Gasteiger charge is 2.26. The molecule has 0 radical (unpaired) electrons. The van der Waals surface area contributed by atoms with Crippen LogP contribution in [0.5, 0.6) is 11.5 Å². The molecule has 0 heterocycles. The molecule has 0 saturated heterocycles. The first kappa shape index (κ1) is 15.6. The zero-order valence-corrected chi connectivity index (χ0v) is 11.4. The fraction of sp³-hybridized carbons (Fsp3) is 0.385. The number of aromatic hydroxyl groups is 2. The third kappa shape index (κ3) is 4.68. The second kappa shape index (κ2) is 5.68. The number of hydrogen-bond acceptors (Lipinski definition) is 5. The van der Waals surface area contributed by atoms with Crippen LogP contribution >= 0.6 is 0 Å². The number of amides is 1. The SMILES string of the molecule is CC(C)(C)OC(=O)NC(C(=O)O)c1cc(O)cc(O)c1. The topological polar surface area (TPSA) is 116 Å². The molecule has 1 unspecified atom stereocenters. The number of carboxylic acid groups (broad SMARTS) is 1. The normalized spacial score (nSPS) is 12.6. The van der Waals surface area contributed by atoms with Gasteiger partial charge < -0.3 is 25.4 Å². The molecule has 0 spiro atoms. The number of carbonyl (C=O) groups is 2. The van der Waals surface area contributed by atoms with Gasteiger partial charge in [-0.15, -0.1) is 0 Å². The Morgan fingerprint density at radius 3 is 2.05 bits per heavy atom. The summed E-state index contributed by atoms with van der Waals surface area (Å²) < 4.78 is 4.96. The molecule has 0 fully saturated rings. The molecule has 0 aliphatic heterocycles. The molecule has 4 N–H and O–H groups in total. The molecule has 1 rings (SSSR count). The lowest BCUT2D eigenvalue weighted by atomic mass is 10.1. The lowest BCUT2D eigenvalue weighted by molar-refractivity contribution is -0.139. The van der Waals surface area contributed by atoms with Gasteiger partial charge in [0.15, 0.2) is 6.04 Å². The summed E-state index contributed by atoms with van der Waals surface area (Å²) in [7, 11) is 0. The Bertz CT molecular complexity index is 500. The summed E-state index contributed by atoms with van der Waals surface area (Å²) in [6.45, 7) is 4.92. The highest BCUT2D eigenvalue weighted by atomic mass is 16.6. The minimum atomic E-state index is -1.44. The van der Waals surface area contributed by atoms with Crippen LogP contribution in [0, 0.1) is 0 Å². The van der Waals surface area contributed by atoms with Gasteiger partial charge in [0.2, 0.25) is 0 Å². The molecular weight excluding hydrogens is 266 g/mol. The molecule has 0 aliphatic rings. The van der Waals surface area contributed by atoms with Crippen LogP contribution in [-0.2, 0) is 9.53 Å². The van der Waals surface area contributed by atoms with Gasteiger partial charge in [0.05, 0.1) is 0 Å². The standard InChI is InChI=1S/C13H17NO6/c1-13(2,3)20-12(19)14-10(11(17)18)7-4-8(15)6-9(16)5-7/h4-6,10,15-16H,1-3H3,(H,14,19)(H,17,18). The van der Waals surface area contributed by atoms with Gasteiger partial charge in [0.25, 0.3) is 0 Å². The maximum Gasteiger partial charge on any atom is 0.408 e. The van der Waals surface area contributed by atoms with Gasteiger partial charge in [0.1, 0.15) is 17.1 Å². The lowest BCUT2D eigenvalue weighted by Crippen LogP contribution is -2.38. The smallest absolute Gasteiger partial charge is 0.408 e. The van der Waals surface area contributed by atoms with E-state index < -0.39 is 23.7 Å². The number of benzene rings is 1. The van der Waals surface area contributed by atoms with Gasteiger partial charge in [-0.25, -0.2) is 9.59 Å². The molecule has 1 aromatic rings. The summed E-state index contributed by atoms with van der Waals surface area (Å²) in [5.41, 5.74) is -0.741. The van der Waals surface area contributed by atoms with E-state index in [9.17, 15) is 19.8 Å². The van der Waals surface area contributed by atoms with Crippen molar-refractivity contribution >= 4 is 12.1 Å². The first-order chi connectivity index (χ1) is 9.08. The van der Waals surface area contributed by atoms with Crippen LogP contribution in [0.15, 0.2) is 18.2 Å². The number of phenols is 2. The van der Waals surface area contributed by atoms with Gasteiger partial charge >= 0.3 is 12.1 Å². The van der Waals surface area contributed by atoms with Crippen molar-refractivity contribution in [2.24, 2.45) is 0 Å². The molecule has 0 aromatic heterocycles. The predicted molar refractivity (Wildman–Crippen MR) is 69.5 cm³/mol. The van der Waals surface area contributed by atoms with Crippen molar-refractivity contribution in [1.29, 1.82) is 0 Å². The van der Waals surface area contributed by atoms with E-state index in [2.05, 4.69) is 5.32 Å². The van der Waals surface area contributed by atoms with E-state index in [-0.39, 0.29) is 17.1 Å². The first-order valence-corrected chi connectivity index (χ1v) is 5.84. The van der Waals surface area contributed by atoms with Crippen LogP contribution in [0.1, 0.15) is 32.4 Å². The fourth-order valence-electron chi connectivity index (χ4n) is 1.50. The highest BCUT2D eigenvalue weighted by molar-refractivity contribution is 5.81. The number of hydrogen-bond donors (Lipinski definition) is 4. The quantitative estimate of drug-likeness (QED) is 0.671. The highest BCUT2D eigenvalue weighted by Crippen LogP contribution is 2.25. The van der Waals surface area contributed by atoms with Crippen LogP contribution in [-0.4, -0.2) is 33.0 Å². The average molecular weight is 283 g/mol. The second-order valence-electron chi connectivity index (χ2n) is 5.20. The fourth-order valence-corrected chi connectivity index (χ4v) is 1.50. The molecule has 110 valence electrons. The summed E-state index contributed by atoms with van der Waals surface area (Å²) in [4.78, 5) is 22.8. The van der Waals surface area contributed by atoms with Crippen molar-refractivity contribution in [3.05, 3.63) is 23.8 Å². The van der Waals surface area contributed by atoms with Gasteiger partial charge in [-0.3, -0.25) is 0 Å². The molecular formula is C13H17NO6. The van der Waals surface area contributed by atoms with Crippen molar-refractivity contribution in [3.8, 4) is 11.5 Å². The number of phenolic OH excluding ortho intramolecular Hbond substituents is 2. The summed E-state index contributed by atoms with van der Waals surface area (Å²) >= 11 is 0. The van der Waals surface area contributed by atoms with E-state index in [1.54, 1.807) is 20.8 Å². The van der Waals surface area contributed by atoms with Crippen molar-refractivity contribution in [2.45, 2.75) is 32.4 Å². The molecule has 7 nitrogen and oxygen atoms in total. The Kier molecular flexibility index (Phi) is 4.44. The average Bonchev–Trinajstić information content (AvgIpc) is 2.21. The Morgan fingerprint density at radius 1 is 1.15 bits per heavy atom. The molecule has 20 heavy (non-hydrogen) atoms. The Hall–Kier alpha value is -2.44. The van der Waals surface area contributed by atoms with Gasteiger partial charge in [-0.2, -0.15) is 0 Å². The molecule has 1 amide bonds. The van der Waals surface area contributed by atoms with Crippen LogP contribution in [0.2, 0.25) is 0 Å². The summed E-state index contributed by atoms with van der Waals surface area (Å²) in [5.74, 6) is -1.96. The molecule has 1 aromatic carbocycles. The Balaban J connectivity index is 2.95. The number of rotatable bonds is 3. The van der Waals surface area contributed by atoms with Gasteiger partial charge in [-0.1, -0.05) is 0 Å². The number of carboxylic acids is 1. The van der Waals surface area contributed by atoms with Crippen molar-refractivity contribution < 1.29 is 29.6 Å². The van der Waals surface area contributed by atoms with Gasteiger partial charge in [0, 0.05) is 6.07 Å². The first-order valence-electron chi connectivity index (χ1n) is 5.84. The largest absolute Gasteiger partial charge is 0.508 e. The molecule has 1 atom stereocenters. The monoisotopic (exact) mass is 283 g/mol. The van der Waals surface area contributed by atoms with Crippen molar-refractivity contribution in [3.63, 3.8) is 0 Å². The minimum Gasteiger partial charge on any atom is -0.508 e. The van der Waals surface area contributed by atoms with Gasteiger partial charge in [-0.05, 0) is 38.5 Å². The molecule has 0 bridgehead atoms. The zero-order valence-electron chi connectivity index (χ0n) is 11.4. The molecule has 0 saturated carbocycles. The number of ether oxygens (including phenoxy) is 1. The van der Waals surface area contributed by atoms with Crippen LogP contribution in [0.25, 0.3) is 0 Å². The summed E-state index contributed by atoms with van der Waals surface area (Å²) in [6, 6.07) is 1.88. The lowest BCUT2D eigenvalue weighted by Gasteiger charge is -2.22. The van der Waals surface area contributed by atoms with Crippen LogP contribution < -0.4 is 5.32 Å². The summed E-state index contributed by atoms with van der Waals surface area (Å²) in [5, 5.41) is 30.0.